The lowest BCUT2D eigenvalue weighted by atomic mass is 10.2. The van der Waals surface area contributed by atoms with E-state index in [2.05, 4.69) is 15.5 Å². The van der Waals surface area contributed by atoms with Gasteiger partial charge in [0, 0.05) is 13.2 Å². The third-order valence-corrected chi connectivity index (χ3v) is 3.59. The highest BCUT2D eigenvalue weighted by Crippen LogP contribution is 2.18. The summed E-state index contributed by atoms with van der Waals surface area (Å²) < 4.78 is 28.2. The minimum absolute atomic E-state index is 0.209. The van der Waals surface area contributed by atoms with Gasteiger partial charge in [-0.3, -0.25) is 9.89 Å². The van der Waals surface area contributed by atoms with E-state index in [1.807, 2.05) is 6.92 Å². The first kappa shape index (κ1) is 16.6. The summed E-state index contributed by atoms with van der Waals surface area (Å²) in [6.45, 7) is 3.93. The lowest BCUT2D eigenvalue weighted by molar-refractivity contribution is 0.0897. The van der Waals surface area contributed by atoms with E-state index in [4.69, 9.17) is 9.88 Å². The van der Waals surface area contributed by atoms with E-state index in [0.717, 1.165) is 0 Å². The van der Waals surface area contributed by atoms with E-state index in [0.29, 0.717) is 25.1 Å². The van der Waals surface area contributed by atoms with E-state index in [1.165, 1.54) is 7.11 Å². The van der Waals surface area contributed by atoms with Crippen LogP contribution in [0.5, 0.6) is 0 Å². The van der Waals surface area contributed by atoms with Gasteiger partial charge >= 0.3 is 0 Å². The fraction of sp³-hybridized carbons (Fsp3) is 0.636. The Labute approximate surface area is 118 Å². The summed E-state index contributed by atoms with van der Waals surface area (Å²) in [7, 11) is -2.52. The Morgan fingerprint density at radius 3 is 2.70 bits per heavy atom. The van der Waals surface area contributed by atoms with E-state index in [-0.39, 0.29) is 16.6 Å². The van der Waals surface area contributed by atoms with E-state index in [1.54, 1.807) is 6.92 Å². The number of nitrogens with two attached hydrogens (primary N) is 1. The SMILES string of the molecule is CCCc1[nH]nc(C(=O)NC(C)COC)c1S(N)(=O)=O. The number of methoxy groups -OCH3 is 1. The standard InChI is InChI=1S/C11H20N4O4S/c1-4-5-8-10(20(12,17)18)9(15-14-8)11(16)13-7(2)6-19-3/h7H,4-6H2,1-3H3,(H,13,16)(H,14,15)(H2,12,17,18). The molecular formula is C11H20N4O4S. The average Bonchev–Trinajstić information content (AvgIpc) is 2.73. The van der Waals surface area contributed by atoms with Gasteiger partial charge in [-0.1, -0.05) is 13.3 Å². The molecule has 0 saturated carbocycles. The predicted octanol–water partition coefficient (Wildman–Crippen LogP) is -0.226. The molecule has 114 valence electrons. The Balaban J connectivity index is 3.09. The zero-order valence-corrected chi connectivity index (χ0v) is 12.6. The second-order valence-corrected chi connectivity index (χ2v) is 6.00. The van der Waals surface area contributed by atoms with E-state index < -0.39 is 15.9 Å². The first-order valence-electron chi connectivity index (χ1n) is 6.21. The molecule has 1 atom stereocenters. The summed E-state index contributed by atoms with van der Waals surface area (Å²) in [5.41, 5.74) is 0.137. The summed E-state index contributed by atoms with van der Waals surface area (Å²) in [5, 5.41) is 14.1. The lowest BCUT2D eigenvalue weighted by Crippen LogP contribution is -2.36. The molecule has 4 N–H and O–H groups in total. The second kappa shape index (κ2) is 6.82. The van der Waals surface area contributed by atoms with Crippen molar-refractivity contribution in [3.8, 4) is 0 Å². The van der Waals surface area contributed by atoms with Crippen molar-refractivity contribution in [3.63, 3.8) is 0 Å². The third-order valence-electron chi connectivity index (χ3n) is 2.59. The van der Waals surface area contributed by atoms with Crippen LogP contribution in [0.15, 0.2) is 4.90 Å². The number of nitrogens with zero attached hydrogens (tertiary/aromatic N) is 1. The van der Waals surface area contributed by atoms with Crippen LogP contribution in [0.25, 0.3) is 0 Å². The lowest BCUT2D eigenvalue weighted by Gasteiger charge is -2.12. The van der Waals surface area contributed by atoms with Crippen molar-refractivity contribution >= 4 is 15.9 Å². The molecule has 1 unspecified atom stereocenters. The van der Waals surface area contributed by atoms with Crippen molar-refractivity contribution < 1.29 is 17.9 Å². The zero-order valence-electron chi connectivity index (χ0n) is 11.8. The van der Waals surface area contributed by atoms with Crippen molar-refractivity contribution in [1.82, 2.24) is 15.5 Å². The smallest absolute Gasteiger partial charge is 0.273 e. The number of aromatic amines is 1. The van der Waals surface area contributed by atoms with E-state index in [9.17, 15) is 13.2 Å². The minimum atomic E-state index is -4.02. The predicted molar refractivity (Wildman–Crippen MR) is 72.8 cm³/mol. The number of carbonyl (C=O) groups excluding carboxylic acids is 1. The Bertz CT molecular complexity index is 567. The molecule has 0 aliphatic heterocycles. The third kappa shape index (κ3) is 4.02. The van der Waals surface area contributed by atoms with Gasteiger partial charge in [-0.15, -0.1) is 0 Å². The van der Waals surface area contributed by atoms with Crippen molar-refractivity contribution in [2.24, 2.45) is 5.14 Å². The maximum atomic E-state index is 12.0. The molecule has 0 aliphatic carbocycles. The highest BCUT2D eigenvalue weighted by molar-refractivity contribution is 7.89. The molecule has 0 spiro atoms. The number of hydrogen-bond donors (Lipinski definition) is 3. The highest BCUT2D eigenvalue weighted by atomic mass is 32.2. The first-order chi connectivity index (χ1) is 9.31. The van der Waals surface area contributed by atoms with Gasteiger partial charge in [0.2, 0.25) is 10.0 Å². The fourth-order valence-corrected chi connectivity index (χ4v) is 2.73. The summed E-state index contributed by atoms with van der Waals surface area (Å²) in [6.07, 6.45) is 1.14. The number of rotatable bonds is 7. The van der Waals surface area contributed by atoms with Gasteiger partial charge in [-0.05, 0) is 13.3 Å². The maximum Gasteiger partial charge on any atom is 0.273 e. The zero-order chi connectivity index (χ0) is 15.3. The van der Waals surface area contributed by atoms with Crippen molar-refractivity contribution in [1.29, 1.82) is 0 Å². The number of aryl methyl sites for hydroxylation is 1. The number of ether oxygens (including phenoxy) is 1. The number of primary sulfonamides is 1. The van der Waals surface area contributed by atoms with Crippen LogP contribution in [0, 0.1) is 0 Å². The number of nitrogens with one attached hydrogen (secondary N) is 2. The summed E-state index contributed by atoms with van der Waals surface area (Å²) in [4.78, 5) is 11.8. The molecular weight excluding hydrogens is 284 g/mol. The van der Waals surface area contributed by atoms with Crippen LogP contribution in [0.4, 0.5) is 0 Å². The number of carbonyl (C=O) groups is 1. The normalized spacial score (nSPS) is 13.2. The maximum absolute atomic E-state index is 12.0. The molecule has 20 heavy (non-hydrogen) atoms. The first-order valence-corrected chi connectivity index (χ1v) is 7.75. The molecule has 0 fully saturated rings. The van der Waals surface area contributed by atoms with Crippen molar-refractivity contribution in [2.75, 3.05) is 13.7 Å². The fourth-order valence-electron chi connectivity index (χ4n) is 1.83. The number of aromatic nitrogens is 2. The molecule has 1 rings (SSSR count). The van der Waals surface area contributed by atoms with Gasteiger partial charge in [-0.25, -0.2) is 13.6 Å². The number of sulfonamides is 1. The summed E-state index contributed by atoms with van der Waals surface area (Å²) in [5.74, 6) is -0.600. The molecule has 0 saturated heterocycles. The van der Waals surface area contributed by atoms with Gasteiger partial charge in [0.25, 0.3) is 5.91 Å². The van der Waals surface area contributed by atoms with Gasteiger partial charge in [-0.2, -0.15) is 5.10 Å². The Hall–Kier alpha value is -1.45. The van der Waals surface area contributed by atoms with Crippen LogP contribution in [0.2, 0.25) is 0 Å². The Morgan fingerprint density at radius 2 is 2.20 bits per heavy atom. The molecule has 0 aromatic carbocycles. The molecule has 1 aromatic heterocycles. The largest absolute Gasteiger partial charge is 0.383 e. The quantitative estimate of drug-likeness (QED) is 0.641. The number of hydrogen-bond acceptors (Lipinski definition) is 5. The van der Waals surface area contributed by atoms with Crippen LogP contribution in [-0.4, -0.2) is 44.3 Å². The monoisotopic (exact) mass is 304 g/mol. The van der Waals surface area contributed by atoms with Gasteiger partial charge in [0.15, 0.2) is 5.69 Å². The van der Waals surface area contributed by atoms with Crippen molar-refractivity contribution in [2.45, 2.75) is 37.6 Å². The highest BCUT2D eigenvalue weighted by Gasteiger charge is 2.27. The second-order valence-electron chi connectivity index (χ2n) is 4.50. The Morgan fingerprint density at radius 1 is 1.55 bits per heavy atom. The molecule has 0 bridgehead atoms. The molecule has 9 heteroatoms. The van der Waals surface area contributed by atoms with Crippen LogP contribution in [-0.2, 0) is 21.2 Å². The van der Waals surface area contributed by atoms with Crippen LogP contribution in [0.3, 0.4) is 0 Å². The minimum Gasteiger partial charge on any atom is -0.383 e. The topological polar surface area (TPSA) is 127 Å². The molecule has 1 amide bonds. The van der Waals surface area contributed by atoms with Crippen LogP contribution >= 0.6 is 0 Å². The summed E-state index contributed by atoms with van der Waals surface area (Å²) in [6, 6.07) is -0.271. The Kier molecular flexibility index (Phi) is 5.66. The van der Waals surface area contributed by atoms with Crippen LogP contribution in [0.1, 0.15) is 36.5 Å². The van der Waals surface area contributed by atoms with E-state index >= 15 is 0 Å². The van der Waals surface area contributed by atoms with Crippen LogP contribution < -0.4 is 10.5 Å². The van der Waals surface area contributed by atoms with Gasteiger partial charge in [0.1, 0.15) is 4.90 Å². The molecule has 0 radical (unpaired) electrons. The van der Waals surface area contributed by atoms with Gasteiger partial charge < -0.3 is 10.1 Å². The summed E-state index contributed by atoms with van der Waals surface area (Å²) >= 11 is 0. The molecule has 1 heterocycles. The van der Waals surface area contributed by atoms with Crippen molar-refractivity contribution in [3.05, 3.63) is 11.4 Å². The molecule has 8 nitrogen and oxygen atoms in total. The number of H-pyrrole nitrogens is 1. The molecule has 0 aliphatic rings. The average molecular weight is 304 g/mol. The number of amides is 1. The van der Waals surface area contributed by atoms with Gasteiger partial charge in [0.05, 0.1) is 12.3 Å². The molecule has 1 aromatic rings.